The molecule has 0 bridgehead atoms. The SMILES string of the molecule is O=Cc1nnc2n1C[C@H]1C[C@@H]21. The smallest absolute Gasteiger partial charge is 0.196 e. The fourth-order valence-electron chi connectivity index (χ4n) is 1.88. The Balaban J connectivity index is 2.19. The van der Waals surface area contributed by atoms with Crippen LogP contribution in [0, 0.1) is 5.92 Å². The summed E-state index contributed by atoms with van der Waals surface area (Å²) in [6.45, 7) is 0.959. The van der Waals surface area contributed by atoms with Crippen LogP contribution in [-0.2, 0) is 6.54 Å². The lowest BCUT2D eigenvalue weighted by molar-refractivity contribution is 0.111. The number of carbonyl (C=O) groups excluding carboxylic acids is 1. The van der Waals surface area contributed by atoms with Gasteiger partial charge in [-0.15, -0.1) is 10.2 Å². The molecular weight excluding hydrogens is 142 g/mol. The monoisotopic (exact) mass is 149 g/mol. The van der Waals surface area contributed by atoms with E-state index in [1.54, 1.807) is 0 Å². The standard InChI is InChI=1S/C7H7N3O/c11-3-6-8-9-7-5-1-4(5)2-10(6)7/h3-5H,1-2H2/t4-,5-/m1/s1. The van der Waals surface area contributed by atoms with Crippen LogP contribution in [-0.4, -0.2) is 21.1 Å². The lowest BCUT2D eigenvalue weighted by atomic mass is 10.4. The molecule has 1 aromatic rings. The van der Waals surface area contributed by atoms with Crippen LogP contribution >= 0.6 is 0 Å². The molecule has 2 atom stereocenters. The number of aldehydes is 1. The molecule has 0 aromatic carbocycles. The maximum absolute atomic E-state index is 10.4. The van der Waals surface area contributed by atoms with Crippen LogP contribution in [0.1, 0.15) is 28.8 Å². The lowest BCUT2D eigenvalue weighted by Gasteiger charge is -1.97. The van der Waals surface area contributed by atoms with Gasteiger partial charge in [0.1, 0.15) is 5.82 Å². The van der Waals surface area contributed by atoms with Crippen molar-refractivity contribution in [2.24, 2.45) is 5.92 Å². The molecule has 1 aliphatic carbocycles. The quantitative estimate of drug-likeness (QED) is 0.536. The molecule has 0 saturated heterocycles. The molecule has 0 unspecified atom stereocenters. The van der Waals surface area contributed by atoms with Gasteiger partial charge in [0.2, 0.25) is 0 Å². The molecule has 0 amide bonds. The van der Waals surface area contributed by atoms with Crippen molar-refractivity contribution in [3.05, 3.63) is 11.6 Å². The van der Waals surface area contributed by atoms with Crippen LogP contribution < -0.4 is 0 Å². The molecule has 0 spiro atoms. The van der Waals surface area contributed by atoms with Crippen molar-refractivity contribution in [1.29, 1.82) is 0 Å². The highest BCUT2D eigenvalue weighted by molar-refractivity contribution is 5.69. The Morgan fingerprint density at radius 3 is 3.27 bits per heavy atom. The number of nitrogens with zero attached hydrogens (tertiary/aromatic N) is 3. The highest BCUT2D eigenvalue weighted by atomic mass is 16.1. The molecular formula is C7H7N3O. The molecule has 56 valence electrons. The third-order valence-electron chi connectivity index (χ3n) is 2.58. The predicted molar refractivity (Wildman–Crippen MR) is 36.3 cm³/mol. The molecule has 3 rings (SSSR count). The fraction of sp³-hybridized carbons (Fsp3) is 0.571. The Hall–Kier alpha value is -1.19. The summed E-state index contributed by atoms with van der Waals surface area (Å²) in [5, 5.41) is 7.75. The zero-order valence-electron chi connectivity index (χ0n) is 5.90. The number of rotatable bonds is 1. The largest absolute Gasteiger partial charge is 0.308 e. The summed E-state index contributed by atoms with van der Waals surface area (Å²) in [6.07, 6.45) is 2.03. The number of fused-ring (bicyclic) bond motifs is 3. The fourth-order valence-corrected chi connectivity index (χ4v) is 1.88. The van der Waals surface area contributed by atoms with Crippen molar-refractivity contribution in [1.82, 2.24) is 14.8 Å². The van der Waals surface area contributed by atoms with E-state index in [-0.39, 0.29) is 0 Å². The second-order valence-corrected chi connectivity index (χ2v) is 3.25. The van der Waals surface area contributed by atoms with Crippen LogP contribution in [0.4, 0.5) is 0 Å². The van der Waals surface area contributed by atoms with Gasteiger partial charge < -0.3 is 4.57 Å². The first-order valence-electron chi connectivity index (χ1n) is 3.78. The van der Waals surface area contributed by atoms with Crippen molar-refractivity contribution in [3.63, 3.8) is 0 Å². The van der Waals surface area contributed by atoms with E-state index in [1.807, 2.05) is 4.57 Å². The third-order valence-corrected chi connectivity index (χ3v) is 2.58. The predicted octanol–water partition coefficient (Wildman–Crippen LogP) is 0.208. The van der Waals surface area contributed by atoms with E-state index in [0.717, 1.165) is 24.6 Å². The van der Waals surface area contributed by atoms with Gasteiger partial charge in [0.05, 0.1) is 0 Å². The highest BCUT2D eigenvalue weighted by Gasteiger charge is 2.48. The molecule has 2 aliphatic rings. The van der Waals surface area contributed by atoms with Crippen molar-refractivity contribution in [2.45, 2.75) is 18.9 Å². The average molecular weight is 149 g/mol. The first-order chi connectivity index (χ1) is 5.40. The van der Waals surface area contributed by atoms with Crippen LogP contribution in [0.15, 0.2) is 0 Å². The van der Waals surface area contributed by atoms with Gasteiger partial charge in [-0.25, -0.2) is 0 Å². The molecule has 1 aliphatic heterocycles. The van der Waals surface area contributed by atoms with E-state index in [2.05, 4.69) is 10.2 Å². The van der Waals surface area contributed by atoms with E-state index in [0.29, 0.717) is 11.7 Å². The van der Waals surface area contributed by atoms with Gasteiger partial charge in [-0.3, -0.25) is 4.79 Å². The zero-order valence-corrected chi connectivity index (χ0v) is 5.90. The Labute approximate surface area is 63.2 Å². The average Bonchev–Trinajstić information content (AvgIpc) is 2.55. The highest BCUT2D eigenvalue weighted by Crippen LogP contribution is 2.52. The topological polar surface area (TPSA) is 47.8 Å². The number of carbonyl (C=O) groups is 1. The number of aromatic nitrogens is 3. The van der Waals surface area contributed by atoms with Gasteiger partial charge in [-0.2, -0.15) is 0 Å². The van der Waals surface area contributed by atoms with Crippen LogP contribution in [0.5, 0.6) is 0 Å². The van der Waals surface area contributed by atoms with Crippen molar-refractivity contribution >= 4 is 6.29 Å². The van der Waals surface area contributed by atoms with Gasteiger partial charge in [0.15, 0.2) is 12.1 Å². The molecule has 11 heavy (non-hydrogen) atoms. The van der Waals surface area contributed by atoms with Gasteiger partial charge in [-0.1, -0.05) is 0 Å². The second-order valence-electron chi connectivity index (χ2n) is 3.25. The minimum Gasteiger partial charge on any atom is -0.308 e. The van der Waals surface area contributed by atoms with Gasteiger partial charge in [-0.05, 0) is 12.3 Å². The van der Waals surface area contributed by atoms with Crippen LogP contribution in [0.25, 0.3) is 0 Å². The third kappa shape index (κ3) is 0.528. The lowest BCUT2D eigenvalue weighted by Crippen LogP contribution is -2.02. The van der Waals surface area contributed by atoms with Crippen molar-refractivity contribution in [2.75, 3.05) is 0 Å². The first-order valence-corrected chi connectivity index (χ1v) is 3.78. The summed E-state index contributed by atoms with van der Waals surface area (Å²) in [5.74, 6) is 2.90. The zero-order chi connectivity index (χ0) is 7.42. The molecule has 2 heterocycles. The summed E-state index contributed by atoms with van der Waals surface area (Å²) in [5.41, 5.74) is 0. The van der Waals surface area contributed by atoms with E-state index >= 15 is 0 Å². The number of hydrogen-bond donors (Lipinski definition) is 0. The molecule has 0 N–H and O–H groups in total. The second kappa shape index (κ2) is 1.52. The Morgan fingerprint density at radius 1 is 1.55 bits per heavy atom. The first kappa shape index (κ1) is 5.46. The molecule has 1 fully saturated rings. The van der Waals surface area contributed by atoms with E-state index in [9.17, 15) is 4.79 Å². The normalized spacial score (nSPS) is 31.3. The van der Waals surface area contributed by atoms with E-state index in [1.165, 1.54) is 6.42 Å². The van der Waals surface area contributed by atoms with Crippen molar-refractivity contribution < 1.29 is 4.79 Å². The maximum Gasteiger partial charge on any atom is 0.196 e. The van der Waals surface area contributed by atoms with Gasteiger partial charge in [0.25, 0.3) is 0 Å². The summed E-state index contributed by atoms with van der Waals surface area (Å²) in [7, 11) is 0. The molecule has 1 saturated carbocycles. The van der Waals surface area contributed by atoms with Gasteiger partial charge >= 0.3 is 0 Å². The Morgan fingerprint density at radius 2 is 2.45 bits per heavy atom. The van der Waals surface area contributed by atoms with Crippen LogP contribution in [0.2, 0.25) is 0 Å². The minimum atomic E-state index is 0.493. The molecule has 4 nitrogen and oxygen atoms in total. The summed E-state index contributed by atoms with van der Waals surface area (Å²) >= 11 is 0. The van der Waals surface area contributed by atoms with Crippen LogP contribution in [0.3, 0.4) is 0 Å². The maximum atomic E-state index is 10.4. The molecule has 1 aromatic heterocycles. The van der Waals surface area contributed by atoms with E-state index in [4.69, 9.17) is 0 Å². The molecule has 4 heteroatoms. The summed E-state index contributed by atoms with van der Waals surface area (Å²) in [6, 6.07) is 0. The molecule has 0 radical (unpaired) electrons. The Kier molecular flexibility index (Phi) is 0.754. The Bertz CT molecular complexity index is 330. The minimum absolute atomic E-state index is 0.493. The summed E-state index contributed by atoms with van der Waals surface area (Å²) in [4.78, 5) is 10.4. The summed E-state index contributed by atoms with van der Waals surface area (Å²) < 4.78 is 1.94. The van der Waals surface area contributed by atoms with Gasteiger partial charge in [0, 0.05) is 12.5 Å². The van der Waals surface area contributed by atoms with Crippen molar-refractivity contribution in [3.8, 4) is 0 Å². The van der Waals surface area contributed by atoms with E-state index < -0.39 is 0 Å². The number of hydrogen-bond acceptors (Lipinski definition) is 3.